The molecule has 0 fully saturated rings. The van der Waals surface area contributed by atoms with E-state index in [2.05, 4.69) is 9.97 Å². The highest BCUT2D eigenvalue weighted by molar-refractivity contribution is 5.18. The molecule has 0 aromatic carbocycles. The Bertz CT molecular complexity index is 208. The first kappa shape index (κ1) is 9.17. The van der Waals surface area contributed by atoms with Gasteiger partial charge in [-0.2, -0.15) is 0 Å². The van der Waals surface area contributed by atoms with E-state index in [0.29, 0.717) is 0 Å². The van der Waals surface area contributed by atoms with Crippen LogP contribution in [0.1, 0.15) is 37.9 Å². The number of aromatic nitrogens is 2. The lowest BCUT2D eigenvalue weighted by Crippen LogP contribution is -2.04. The molecule has 1 aromatic rings. The number of rotatable bonds is 0. The number of nitrogens with zero attached hydrogens (tertiary/aromatic N) is 2. The second-order valence-electron chi connectivity index (χ2n) is 2.70. The topological polar surface area (TPSA) is 25.8 Å². The maximum Gasteiger partial charge on any atom is 0.115 e. The molecule has 66 valence electrons. The van der Waals surface area contributed by atoms with E-state index in [-0.39, 0.29) is 0 Å². The fourth-order valence-electron chi connectivity index (χ4n) is 1.43. The second-order valence-corrected chi connectivity index (χ2v) is 2.70. The lowest BCUT2D eigenvalue weighted by Gasteiger charge is -2.11. The van der Waals surface area contributed by atoms with Gasteiger partial charge in [0.15, 0.2) is 0 Å². The maximum atomic E-state index is 4.21. The predicted octanol–water partition coefficient (Wildman–Crippen LogP) is 2.38. The van der Waals surface area contributed by atoms with Crippen LogP contribution in [-0.4, -0.2) is 9.97 Å². The molecule has 0 saturated heterocycles. The standard InChI is InChI=1S/C8H10N2.C2H6/c1-2-4-8-7(3-1)5-9-6-10-8;1-2/h5-6H,1-4H2;1-2H3. The molecule has 0 N–H and O–H groups in total. The van der Waals surface area contributed by atoms with Crippen molar-refractivity contribution in [1.29, 1.82) is 0 Å². The quantitative estimate of drug-likeness (QED) is 0.588. The van der Waals surface area contributed by atoms with Gasteiger partial charge in [-0.25, -0.2) is 9.97 Å². The summed E-state index contributed by atoms with van der Waals surface area (Å²) < 4.78 is 0. The van der Waals surface area contributed by atoms with Crippen molar-refractivity contribution in [3.8, 4) is 0 Å². The highest BCUT2D eigenvalue weighted by Gasteiger charge is 2.08. The largest absolute Gasteiger partial charge is 0.245 e. The van der Waals surface area contributed by atoms with Gasteiger partial charge in [0.05, 0.1) is 0 Å². The van der Waals surface area contributed by atoms with Crippen LogP contribution >= 0.6 is 0 Å². The fourth-order valence-corrected chi connectivity index (χ4v) is 1.43. The Morgan fingerprint density at radius 3 is 2.67 bits per heavy atom. The number of fused-ring (bicyclic) bond motifs is 1. The summed E-state index contributed by atoms with van der Waals surface area (Å²) in [6, 6.07) is 0. The highest BCUT2D eigenvalue weighted by Crippen LogP contribution is 2.16. The number of hydrogen-bond acceptors (Lipinski definition) is 2. The normalized spacial score (nSPS) is 14.2. The van der Waals surface area contributed by atoms with Crippen LogP contribution in [0.2, 0.25) is 0 Å². The minimum absolute atomic E-state index is 1.15. The smallest absolute Gasteiger partial charge is 0.115 e. The molecule has 1 aliphatic carbocycles. The molecule has 1 heterocycles. The Hall–Kier alpha value is -0.920. The van der Waals surface area contributed by atoms with Crippen LogP contribution in [0.25, 0.3) is 0 Å². The maximum absolute atomic E-state index is 4.21. The van der Waals surface area contributed by atoms with Gasteiger partial charge >= 0.3 is 0 Å². The minimum Gasteiger partial charge on any atom is -0.245 e. The van der Waals surface area contributed by atoms with E-state index in [1.54, 1.807) is 6.33 Å². The van der Waals surface area contributed by atoms with Crippen molar-refractivity contribution in [1.82, 2.24) is 9.97 Å². The van der Waals surface area contributed by atoms with Crippen LogP contribution in [0.4, 0.5) is 0 Å². The lowest BCUT2D eigenvalue weighted by molar-refractivity contribution is 0.662. The summed E-state index contributed by atoms with van der Waals surface area (Å²) in [6.45, 7) is 4.00. The average Bonchev–Trinajstić information content (AvgIpc) is 2.21. The summed E-state index contributed by atoms with van der Waals surface area (Å²) in [5.74, 6) is 0. The zero-order valence-corrected chi connectivity index (χ0v) is 7.88. The first-order chi connectivity index (χ1) is 5.97. The summed E-state index contributed by atoms with van der Waals surface area (Å²) in [5.41, 5.74) is 2.62. The van der Waals surface area contributed by atoms with Crippen LogP contribution in [0, 0.1) is 0 Å². The molecular formula is C10H16N2. The SMILES string of the molecule is CC.c1ncc2c(n1)CCCC2. The van der Waals surface area contributed by atoms with Crippen molar-refractivity contribution in [2.24, 2.45) is 0 Å². The van der Waals surface area contributed by atoms with Crippen LogP contribution in [-0.2, 0) is 12.8 Å². The van der Waals surface area contributed by atoms with Crippen molar-refractivity contribution >= 4 is 0 Å². The third-order valence-electron chi connectivity index (χ3n) is 1.99. The Labute approximate surface area is 74.1 Å². The van der Waals surface area contributed by atoms with Crippen LogP contribution < -0.4 is 0 Å². The second kappa shape index (κ2) is 4.86. The van der Waals surface area contributed by atoms with Crippen LogP contribution in [0.3, 0.4) is 0 Å². The molecule has 0 atom stereocenters. The van der Waals surface area contributed by atoms with E-state index in [1.807, 2.05) is 20.0 Å². The Morgan fingerprint density at radius 2 is 1.92 bits per heavy atom. The van der Waals surface area contributed by atoms with E-state index in [0.717, 1.165) is 6.42 Å². The predicted molar refractivity (Wildman–Crippen MR) is 50.0 cm³/mol. The molecule has 0 saturated carbocycles. The zero-order chi connectivity index (χ0) is 8.81. The van der Waals surface area contributed by atoms with E-state index < -0.39 is 0 Å². The van der Waals surface area contributed by atoms with Gasteiger partial charge in [-0.3, -0.25) is 0 Å². The van der Waals surface area contributed by atoms with Crippen molar-refractivity contribution < 1.29 is 0 Å². The molecule has 0 spiro atoms. The molecule has 0 aliphatic heterocycles. The highest BCUT2D eigenvalue weighted by atomic mass is 14.8. The summed E-state index contributed by atoms with van der Waals surface area (Å²) in [7, 11) is 0. The number of aryl methyl sites for hydroxylation is 2. The molecule has 1 aliphatic rings. The lowest BCUT2D eigenvalue weighted by atomic mass is 9.98. The van der Waals surface area contributed by atoms with E-state index >= 15 is 0 Å². The van der Waals surface area contributed by atoms with Gasteiger partial charge in [0.2, 0.25) is 0 Å². The summed E-state index contributed by atoms with van der Waals surface area (Å²) >= 11 is 0. The van der Waals surface area contributed by atoms with E-state index in [4.69, 9.17) is 0 Å². The molecule has 0 unspecified atom stereocenters. The molecule has 2 heteroatoms. The minimum atomic E-state index is 1.15. The third kappa shape index (κ3) is 2.03. The van der Waals surface area contributed by atoms with Gasteiger partial charge in [-0.15, -0.1) is 0 Å². The van der Waals surface area contributed by atoms with Crippen molar-refractivity contribution in [3.05, 3.63) is 23.8 Å². The Morgan fingerprint density at radius 1 is 1.17 bits per heavy atom. The molecule has 2 nitrogen and oxygen atoms in total. The molecule has 0 radical (unpaired) electrons. The van der Waals surface area contributed by atoms with Gasteiger partial charge in [0.25, 0.3) is 0 Å². The molecular weight excluding hydrogens is 148 g/mol. The van der Waals surface area contributed by atoms with Crippen molar-refractivity contribution in [3.63, 3.8) is 0 Å². The van der Waals surface area contributed by atoms with E-state index in [9.17, 15) is 0 Å². The van der Waals surface area contributed by atoms with Gasteiger partial charge < -0.3 is 0 Å². The van der Waals surface area contributed by atoms with Crippen molar-refractivity contribution in [2.75, 3.05) is 0 Å². The van der Waals surface area contributed by atoms with Gasteiger partial charge in [0, 0.05) is 11.9 Å². The number of hydrogen-bond donors (Lipinski definition) is 0. The first-order valence-corrected chi connectivity index (χ1v) is 4.74. The molecule has 12 heavy (non-hydrogen) atoms. The van der Waals surface area contributed by atoms with Gasteiger partial charge in [-0.1, -0.05) is 13.8 Å². The van der Waals surface area contributed by atoms with Gasteiger partial charge in [-0.05, 0) is 31.2 Å². The molecule has 2 rings (SSSR count). The molecule has 0 bridgehead atoms. The van der Waals surface area contributed by atoms with Gasteiger partial charge in [0.1, 0.15) is 6.33 Å². The zero-order valence-electron chi connectivity index (χ0n) is 7.88. The third-order valence-corrected chi connectivity index (χ3v) is 1.99. The molecule has 1 aromatic heterocycles. The van der Waals surface area contributed by atoms with Crippen LogP contribution in [0.15, 0.2) is 12.5 Å². The summed E-state index contributed by atoms with van der Waals surface area (Å²) in [5, 5.41) is 0. The van der Waals surface area contributed by atoms with Crippen LogP contribution in [0.5, 0.6) is 0 Å². The fraction of sp³-hybridized carbons (Fsp3) is 0.600. The monoisotopic (exact) mass is 164 g/mol. The Kier molecular flexibility index (Phi) is 3.71. The summed E-state index contributed by atoms with van der Waals surface area (Å²) in [6.07, 6.45) is 8.52. The van der Waals surface area contributed by atoms with E-state index in [1.165, 1.54) is 30.5 Å². The van der Waals surface area contributed by atoms with Crippen molar-refractivity contribution in [2.45, 2.75) is 39.5 Å². The molecule has 0 amide bonds. The summed E-state index contributed by atoms with van der Waals surface area (Å²) in [4.78, 5) is 8.20. The average molecular weight is 164 g/mol. The first-order valence-electron chi connectivity index (χ1n) is 4.74. The Balaban J connectivity index is 0.000000336.